The molecule has 3 saturated carbocycles. The molecule has 1 saturated heterocycles. The molecule has 2 nitrogen and oxygen atoms in total. The Labute approximate surface area is 271 Å². The minimum atomic E-state index is 0.821. The van der Waals surface area contributed by atoms with Gasteiger partial charge in [0.2, 0.25) is 0 Å². The van der Waals surface area contributed by atoms with Crippen LogP contribution in [0.25, 0.3) is 0 Å². The highest BCUT2D eigenvalue weighted by molar-refractivity contribution is 5.32. The molecule has 244 valence electrons. The smallest absolute Gasteiger partial charge is 0.00200 e. The predicted molar refractivity (Wildman–Crippen MR) is 187 cm³/mol. The number of fused-ring (bicyclic) bond motifs is 2. The molecule has 1 aliphatic heterocycles. The van der Waals surface area contributed by atoms with Crippen LogP contribution in [0.2, 0.25) is 0 Å². The van der Waals surface area contributed by atoms with Gasteiger partial charge in [-0.1, -0.05) is 63.0 Å². The first-order valence-electron chi connectivity index (χ1n) is 19.9. The van der Waals surface area contributed by atoms with Crippen LogP contribution in [-0.2, 0) is 0 Å². The largest absolute Gasteiger partial charge is 0.404 e. The highest BCUT2D eigenvalue weighted by Crippen LogP contribution is 2.57. The summed E-state index contributed by atoms with van der Waals surface area (Å²) in [7, 11) is 0. The lowest BCUT2D eigenvalue weighted by atomic mass is 9.51. The Morgan fingerprint density at radius 1 is 0.795 bits per heavy atom. The first-order chi connectivity index (χ1) is 21.7. The maximum atomic E-state index is 6.22. The second-order valence-corrected chi connectivity index (χ2v) is 17.0. The Bertz CT molecular complexity index is 1060. The van der Waals surface area contributed by atoms with E-state index in [9.17, 15) is 0 Å². The molecule has 0 aromatic rings. The average molecular weight is 599 g/mol. The molecular weight excluding hydrogens is 532 g/mol. The van der Waals surface area contributed by atoms with Crippen LogP contribution in [0.1, 0.15) is 129 Å². The van der Waals surface area contributed by atoms with Crippen molar-refractivity contribution < 1.29 is 0 Å². The Balaban J connectivity index is 0.969. The molecule has 6 aliphatic carbocycles. The van der Waals surface area contributed by atoms with Crippen LogP contribution in [0.3, 0.4) is 0 Å². The van der Waals surface area contributed by atoms with Crippen LogP contribution < -0.4 is 11.1 Å². The zero-order valence-corrected chi connectivity index (χ0v) is 28.3. The van der Waals surface area contributed by atoms with Gasteiger partial charge in [0, 0.05) is 0 Å². The SMILES string of the molecule is CC1CCCC2C(C3C=CC(C4C=CCC5CCCCC54)CC3)CCC(C3CC=C(/C(=C/N)CCC[C@H]4CCNC4)CC3)C12. The summed E-state index contributed by atoms with van der Waals surface area (Å²) in [6, 6.07) is 0. The Morgan fingerprint density at radius 3 is 2.41 bits per heavy atom. The van der Waals surface area contributed by atoms with Gasteiger partial charge in [-0.05, 0) is 198 Å². The van der Waals surface area contributed by atoms with E-state index in [0.717, 1.165) is 71.0 Å². The Hall–Kier alpha value is -1.28. The normalized spacial score (nSPS) is 44.6. The third-order valence-corrected chi connectivity index (χ3v) is 14.9. The topological polar surface area (TPSA) is 38.0 Å². The number of allylic oxidation sites excluding steroid dienone is 7. The summed E-state index contributed by atoms with van der Waals surface area (Å²) in [5, 5.41) is 3.53. The lowest BCUT2D eigenvalue weighted by Gasteiger charge is -2.53. The van der Waals surface area contributed by atoms with E-state index in [2.05, 4.69) is 42.6 Å². The first kappa shape index (κ1) is 31.3. The Kier molecular flexibility index (Phi) is 10.4. The van der Waals surface area contributed by atoms with Gasteiger partial charge in [0.15, 0.2) is 0 Å². The van der Waals surface area contributed by atoms with Crippen molar-refractivity contribution >= 4 is 0 Å². The summed E-state index contributed by atoms with van der Waals surface area (Å²) in [5.74, 6) is 11.1. The molecule has 4 fully saturated rings. The van der Waals surface area contributed by atoms with Gasteiger partial charge >= 0.3 is 0 Å². The molecule has 1 heterocycles. The number of hydrogen-bond acceptors (Lipinski definition) is 2. The zero-order valence-electron chi connectivity index (χ0n) is 28.3. The predicted octanol–water partition coefficient (Wildman–Crippen LogP) is 10.4. The molecule has 0 spiro atoms. The quantitative estimate of drug-likeness (QED) is 0.273. The van der Waals surface area contributed by atoms with E-state index in [1.165, 1.54) is 141 Å². The van der Waals surface area contributed by atoms with Gasteiger partial charge in [0.25, 0.3) is 0 Å². The van der Waals surface area contributed by atoms with Crippen molar-refractivity contribution in [3.05, 3.63) is 47.7 Å². The van der Waals surface area contributed by atoms with Crippen LogP contribution in [0.15, 0.2) is 47.7 Å². The van der Waals surface area contributed by atoms with Gasteiger partial charge in [-0.15, -0.1) is 0 Å². The fraction of sp³-hybridized carbons (Fsp3) is 0.810. The molecule has 7 rings (SSSR count). The van der Waals surface area contributed by atoms with Crippen molar-refractivity contribution in [3.63, 3.8) is 0 Å². The summed E-state index contributed by atoms with van der Waals surface area (Å²) in [6.07, 6.45) is 42.3. The third kappa shape index (κ3) is 6.73. The summed E-state index contributed by atoms with van der Waals surface area (Å²) in [4.78, 5) is 0. The summed E-state index contributed by atoms with van der Waals surface area (Å²) >= 11 is 0. The maximum Gasteiger partial charge on any atom is -0.00200 e. The minimum Gasteiger partial charge on any atom is -0.404 e. The molecule has 44 heavy (non-hydrogen) atoms. The van der Waals surface area contributed by atoms with Crippen LogP contribution >= 0.6 is 0 Å². The molecule has 7 aliphatic rings. The highest BCUT2D eigenvalue weighted by atomic mass is 14.9. The average Bonchev–Trinajstić information content (AvgIpc) is 3.60. The van der Waals surface area contributed by atoms with E-state index in [-0.39, 0.29) is 0 Å². The first-order valence-corrected chi connectivity index (χ1v) is 19.9. The van der Waals surface area contributed by atoms with Crippen molar-refractivity contribution in [2.45, 2.75) is 129 Å². The monoisotopic (exact) mass is 599 g/mol. The van der Waals surface area contributed by atoms with Crippen LogP contribution in [0.4, 0.5) is 0 Å². The summed E-state index contributed by atoms with van der Waals surface area (Å²) < 4.78 is 0. The van der Waals surface area contributed by atoms with Crippen LogP contribution in [0, 0.1) is 71.0 Å². The third-order valence-electron chi connectivity index (χ3n) is 14.9. The maximum absolute atomic E-state index is 6.22. The van der Waals surface area contributed by atoms with E-state index >= 15 is 0 Å². The van der Waals surface area contributed by atoms with E-state index < -0.39 is 0 Å². The van der Waals surface area contributed by atoms with E-state index in [4.69, 9.17) is 5.73 Å². The van der Waals surface area contributed by atoms with Gasteiger partial charge in [-0.2, -0.15) is 0 Å². The zero-order chi connectivity index (χ0) is 29.9. The fourth-order valence-corrected chi connectivity index (χ4v) is 12.6. The molecule has 0 aromatic heterocycles. The van der Waals surface area contributed by atoms with Gasteiger partial charge in [-0.3, -0.25) is 0 Å². The second-order valence-electron chi connectivity index (χ2n) is 17.0. The van der Waals surface area contributed by atoms with Crippen molar-refractivity contribution in [2.24, 2.45) is 76.7 Å². The molecule has 12 atom stereocenters. The molecule has 0 aromatic carbocycles. The summed E-state index contributed by atoms with van der Waals surface area (Å²) in [6.45, 7) is 5.09. The number of hydrogen-bond donors (Lipinski definition) is 2. The molecule has 0 amide bonds. The minimum absolute atomic E-state index is 0.821. The van der Waals surface area contributed by atoms with Gasteiger partial charge < -0.3 is 11.1 Å². The van der Waals surface area contributed by atoms with Crippen molar-refractivity contribution in [2.75, 3.05) is 13.1 Å². The number of nitrogens with two attached hydrogens (primary N) is 1. The highest BCUT2D eigenvalue weighted by Gasteiger charge is 2.48. The van der Waals surface area contributed by atoms with Gasteiger partial charge in [0.05, 0.1) is 0 Å². The molecular formula is C42H66N2. The molecule has 2 heteroatoms. The lowest BCUT2D eigenvalue weighted by Crippen LogP contribution is -2.46. The van der Waals surface area contributed by atoms with Crippen LogP contribution in [0.5, 0.6) is 0 Å². The number of rotatable bonds is 8. The molecule has 0 radical (unpaired) electrons. The van der Waals surface area contributed by atoms with Crippen LogP contribution in [-0.4, -0.2) is 13.1 Å². The summed E-state index contributed by atoms with van der Waals surface area (Å²) in [5.41, 5.74) is 9.29. The van der Waals surface area contributed by atoms with E-state index in [1.807, 2.05) is 6.20 Å². The van der Waals surface area contributed by atoms with Gasteiger partial charge in [-0.25, -0.2) is 0 Å². The lowest BCUT2D eigenvalue weighted by molar-refractivity contribution is -0.0306. The molecule has 3 N–H and O–H groups in total. The van der Waals surface area contributed by atoms with Crippen molar-refractivity contribution in [3.8, 4) is 0 Å². The van der Waals surface area contributed by atoms with Gasteiger partial charge in [0.1, 0.15) is 0 Å². The van der Waals surface area contributed by atoms with Crippen molar-refractivity contribution in [1.29, 1.82) is 0 Å². The van der Waals surface area contributed by atoms with Crippen molar-refractivity contribution in [1.82, 2.24) is 5.32 Å². The second kappa shape index (κ2) is 14.6. The Morgan fingerprint density at radius 2 is 1.61 bits per heavy atom. The number of nitrogens with one attached hydrogen (secondary N) is 1. The molecule has 0 bridgehead atoms. The van der Waals surface area contributed by atoms with E-state index in [0.29, 0.717) is 0 Å². The standard InChI is InChI=1S/C42H66N2/c1-29-7-4-14-41-39(34-21-19-33(20-22-34)38-13-6-10-32-9-2-3-12-37(32)38)23-24-40(42(29)41)35-17-15-31(16-18-35)36(27-43)11-5-8-30-25-26-44-28-30/h6,13,15,19,21,27,29-30,32-35,37-42,44H,2-5,7-12,14,16-18,20,22-26,28,43H2,1H3/b36-27+/t29?,30-,32?,33?,34?,35?,37?,38?,39?,40?,41?,42?/m0/s1. The fourth-order valence-electron chi connectivity index (χ4n) is 12.6. The van der Waals surface area contributed by atoms with E-state index in [1.54, 1.807) is 5.57 Å². The molecule has 11 unspecified atom stereocenters.